The number of carbonyl (C=O) groups is 2. The molecular formula is C21H30ClN3O4. The van der Waals surface area contributed by atoms with Gasteiger partial charge in [0.05, 0.1) is 24.9 Å². The number of amides is 3. The first kappa shape index (κ1) is 21.6. The predicted molar refractivity (Wildman–Crippen MR) is 113 cm³/mol. The molecule has 0 radical (unpaired) electrons. The van der Waals surface area contributed by atoms with Gasteiger partial charge >= 0.3 is 6.03 Å². The van der Waals surface area contributed by atoms with Crippen LogP contribution >= 0.6 is 11.6 Å². The Hall–Kier alpha value is -2.15. The van der Waals surface area contributed by atoms with Crippen LogP contribution in [-0.4, -0.2) is 62.1 Å². The number of halogens is 1. The van der Waals surface area contributed by atoms with Gasteiger partial charge in [0.25, 0.3) is 0 Å². The summed E-state index contributed by atoms with van der Waals surface area (Å²) in [6.07, 6.45) is 5.73. The van der Waals surface area contributed by atoms with E-state index in [1.807, 2.05) is 4.90 Å². The monoisotopic (exact) mass is 423 g/mol. The maximum atomic E-state index is 12.7. The molecule has 3 amide bonds. The van der Waals surface area contributed by atoms with Crippen molar-refractivity contribution in [1.29, 1.82) is 0 Å². The second-order valence-corrected chi connectivity index (χ2v) is 8.10. The number of piperidine rings is 2. The number of ether oxygens (including phenoxy) is 2. The lowest BCUT2D eigenvalue weighted by atomic mass is 9.93. The van der Waals surface area contributed by atoms with Gasteiger partial charge in [0.1, 0.15) is 11.5 Å². The summed E-state index contributed by atoms with van der Waals surface area (Å²) in [6, 6.07) is 3.09. The predicted octanol–water partition coefficient (Wildman–Crippen LogP) is 4.00. The molecule has 0 spiro atoms. The normalized spacial score (nSPS) is 17.8. The lowest BCUT2D eigenvalue weighted by Crippen LogP contribution is -2.42. The van der Waals surface area contributed by atoms with Crippen molar-refractivity contribution in [3.05, 3.63) is 17.2 Å². The summed E-state index contributed by atoms with van der Waals surface area (Å²) in [5.41, 5.74) is 0.505. The molecule has 0 unspecified atom stereocenters. The highest BCUT2D eigenvalue weighted by molar-refractivity contribution is 6.32. The Balaban J connectivity index is 1.51. The van der Waals surface area contributed by atoms with E-state index in [4.69, 9.17) is 21.1 Å². The quantitative estimate of drug-likeness (QED) is 0.776. The van der Waals surface area contributed by atoms with E-state index in [9.17, 15) is 9.59 Å². The molecule has 1 aromatic rings. The third-order valence-electron chi connectivity index (χ3n) is 5.79. The molecule has 29 heavy (non-hydrogen) atoms. The molecule has 2 fully saturated rings. The molecule has 3 rings (SSSR count). The highest BCUT2D eigenvalue weighted by atomic mass is 35.5. The van der Waals surface area contributed by atoms with Gasteiger partial charge in [-0.15, -0.1) is 0 Å². The van der Waals surface area contributed by atoms with Crippen LogP contribution in [-0.2, 0) is 4.79 Å². The molecule has 1 N–H and O–H groups in total. The summed E-state index contributed by atoms with van der Waals surface area (Å²) in [6.45, 7) is 3.06. The average Bonchev–Trinajstić information content (AvgIpc) is 2.75. The maximum Gasteiger partial charge on any atom is 0.321 e. The van der Waals surface area contributed by atoms with Crippen molar-refractivity contribution in [3.8, 4) is 11.5 Å². The molecular weight excluding hydrogens is 394 g/mol. The van der Waals surface area contributed by atoms with Gasteiger partial charge < -0.3 is 24.6 Å². The second-order valence-electron chi connectivity index (χ2n) is 7.69. The maximum absolute atomic E-state index is 12.7. The minimum atomic E-state index is -0.189. The Morgan fingerprint density at radius 2 is 1.66 bits per heavy atom. The molecule has 0 aromatic heterocycles. The van der Waals surface area contributed by atoms with Crippen molar-refractivity contribution in [1.82, 2.24) is 9.80 Å². The summed E-state index contributed by atoms with van der Waals surface area (Å²) >= 11 is 6.18. The zero-order valence-electron chi connectivity index (χ0n) is 17.2. The molecule has 1 aromatic carbocycles. The van der Waals surface area contributed by atoms with Crippen molar-refractivity contribution in [2.24, 2.45) is 5.92 Å². The Bertz CT molecular complexity index is 729. The molecule has 0 saturated carbocycles. The fraction of sp³-hybridized carbons (Fsp3) is 0.619. The van der Waals surface area contributed by atoms with Gasteiger partial charge in [-0.1, -0.05) is 11.6 Å². The van der Waals surface area contributed by atoms with E-state index < -0.39 is 0 Å². The van der Waals surface area contributed by atoms with Crippen molar-refractivity contribution in [2.45, 2.75) is 38.5 Å². The van der Waals surface area contributed by atoms with Gasteiger partial charge in [0.15, 0.2) is 0 Å². The van der Waals surface area contributed by atoms with Gasteiger partial charge in [-0.2, -0.15) is 0 Å². The van der Waals surface area contributed by atoms with Crippen molar-refractivity contribution in [2.75, 3.05) is 45.7 Å². The molecule has 2 aliphatic rings. The zero-order valence-corrected chi connectivity index (χ0v) is 18.0. The van der Waals surface area contributed by atoms with Crippen LogP contribution in [0, 0.1) is 5.92 Å². The topological polar surface area (TPSA) is 71.1 Å². The van der Waals surface area contributed by atoms with Gasteiger partial charge in [0.2, 0.25) is 5.91 Å². The summed E-state index contributed by atoms with van der Waals surface area (Å²) in [5, 5.41) is 3.28. The first-order valence-corrected chi connectivity index (χ1v) is 10.6. The Morgan fingerprint density at radius 3 is 2.28 bits per heavy atom. The van der Waals surface area contributed by atoms with Crippen LogP contribution in [0.3, 0.4) is 0 Å². The molecule has 2 saturated heterocycles. The second kappa shape index (κ2) is 10.1. The van der Waals surface area contributed by atoms with Crippen LogP contribution in [0.15, 0.2) is 12.1 Å². The highest BCUT2D eigenvalue weighted by Crippen LogP contribution is 2.36. The molecule has 2 aliphatic heterocycles. The number of likely N-dealkylation sites (tertiary alicyclic amines) is 2. The number of anilines is 1. The number of methoxy groups -OCH3 is 2. The van der Waals surface area contributed by atoms with Gasteiger partial charge in [-0.3, -0.25) is 4.79 Å². The fourth-order valence-corrected chi connectivity index (χ4v) is 4.25. The Kier molecular flexibility index (Phi) is 7.47. The molecule has 2 heterocycles. The molecule has 0 atom stereocenters. The van der Waals surface area contributed by atoms with E-state index in [2.05, 4.69) is 5.32 Å². The van der Waals surface area contributed by atoms with E-state index >= 15 is 0 Å². The Labute approximate surface area is 177 Å². The largest absolute Gasteiger partial charge is 0.495 e. The van der Waals surface area contributed by atoms with E-state index in [0.717, 1.165) is 38.8 Å². The van der Waals surface area contributed by atoms with Crippen molar-refractivity contribution in [3.63, 3.8) is 0 Å². The number of nitrogens with one attached hydrogen (secondary N) is 1. The van der Waals surface area contributed by atoms with E-state index in [1.165, 1.54) is 20.6 Å². The number of nitrogens with zero attached hydrogens (tertiary/aromatic N) is 2. The van der Waals surface area contributed by atoms with Crippen molar-refractivity contribution >= 4 is 29.2 Å². The number of carbonyl (C=O) groups excluding carboxylic acids is 2. The molecule has 0 bridgehead atoms. The van der Waals surface area contributed by atoms with Crippen molar-refractivity contribution < 1.29 is 19.1 Å². The number of hydrogen-bond donors (Lipinski definition) is 1. The first-order chi connectivity index (χ1) is 14.0. The van der Waals surface area contributed by atoms with Crippen LogP contribution in [0.2, 0.25) is 5.02 Å². The van der Waals surface area contributed by atoms with Crippen LogP contribution < -0.4 is 14.8 Å². The van der Waals surface area contributed by atoms with Crippen LogP contribution in [0.25, 0.3) is 0 Å². The fourth-order valence-electron chi connectivity index (χ4n) is 4.01. The standard InChI is InChI=1S/C21H30ClN3O4/c1-28-18-14-19(29-2)17(13-16(18)22)23-21(27)25-10-6-15(7-11-25)12-20(26)24-8-4-3-5-9-24/h13-15H,3-12H2,1-2H3,(H,23,27). The van der Waals surface area contributed by atoms with Crippen LogP contribution in [0.4, 0.5) is 10.5 Å². The molecule has 160 valence electrons. The zero-order chi connectivity index (χ0) is 20.8. The van der Waals surface area contributed by atoms with Gasteiger partial charge in [-0.25, -0.2) is 4.79 Å². The summed E-state index contributed by atoms with van der Waals surface area (Å²) in [4.78, 5) is 28.9. The van der Waals surface area contributed by atoms with Gasteiger partial charge in [0, 0.05) is 38.7 Å². The average molecular weight is 424 g/mol. The van der Waals surface area contributed by atoms with E-state index in [1.54, 1.807) is 17.0 Å². The number of hydrogen-bond acceptors (Lipinski definition) is 4. The van der Waals surface area contributed by atoms with E-state index in [0.29, 0.717) is 47.6 Å². The summed E-state index contributed by atoms with van der Waals surface area (Å²) in [7, 11) is 3.06. The number of rotatable bonds is 5. The lowest BCUT2D eigenvalue weighted by Gasteiger charge is -2.33. The SMILES string of the molecule is COc1cc(OC)c(NC(=O)N2CCC(CC(=O)N3CCCCC3)CC2)cc1Cl. The van der Waals surface area contributed by atoms with Gasteiger partial charge in [-0.05, 0) is 44.1 Å². The number of urea groups is 1. The highest BCUT2D eigenvalue weighted by Gasteiger charge is 2.27. The molecule has 0 aliphatic carbocycles. The summed E-state index contributed by atoms with van der Waals surface area (Å²) in [5.74, 6) is 1.59. The minimum absolute atomic E-state index is 0.189. The number of benzene rings is 1. The van der Waals surface area contributed by atoms with Crippen LogP contribution in [0.1, 0.15) is 38.5 Å². The summed E-state index contributed by atoms with van der Waals surface area (Å²) < 4.78 is 10.5. The Morgan fingerprint density at radius 1 is 1.00 bits per heavy atom. The third-order valence-corrected chi connectivity index (χ3v) is 6.08. The molecule has 8 heteroatoms. The molecule has 7 nitrogen and oxygen atoms in total. The first-order valence-electron chi connectivity index (χ1n) is 10.3. The smallest absolute Gasteiger partial charge is 0.321 e. The minimum Gasteiger partial charge on any atom is -0.495 e. The van der Waals surface area contributed by atoms with E-state index in [-0.39, 0.29) is 11.9 Å². The van der Waals surface area contributed by atoms with Crippen LogP contribution in [0.5, 0.6) is 11.5 Å². The third kappa shape index (κ3) is 5.47. The lowest BCUT2D eigenvalue weighted by molar-refractivity contribution is -0.133.